The first kappa shape index (κ1) is 10.3. The zero-order chi connectivity index (χ0) is 11.5. The van der Waals surface area contributed by atoms with Crippen LogP contribution in [0.5, 0.6) is 0 Å². The van der Waals surface area contributed by atoms with Gasteiger partial charge in [0.1, 0.15) is 5.52 Å². The molecule has 0 aliphatic heterocycles. The fraction of sp³-hybridized carbons (Fsp3) is 0.0833. The van der Waals surface area contributed by atoms with Crippen LogP contribution in [-0.2, 0) is 5.75 Å². The lowest BCUT2D eigenvalue weighted by atomic mass is 10.3. The summed E-state index contributed by atoms with van der Waals surface area (Å²) in [5.41, 5.74) is 3.12. The van der Waals surface area contributed by atoms with Gasteiger partial charge in [-0.25, -0.2) is 4.98 Å². The summed E-state index contributed by atoms with van der Waals surface area (Å²) in [5, 5.41) is 0.914. The van der Waals surface area contributed by atoms with Crippen LogP contribution in [0.4, 0.5) is 0 Å². The van der Waals surface area contributed by atoms with E-state index in [1.54, 1.807) is 30.4 Å². The van der Waals surface area contributed by atoms with Gasteiger partial charge in [-0.15, -0.1) is 0 Å². The molecule has 0 aliphatic carbocycles. The van der Waals surface area contributed by atoms with E-state index in [0.29, 0.717) is 0 Å². The number of thioether (sulfide) groups is 1. The van der Waals surface area contributed by atoms with Crippen molar-refractivity contribution in [2.75, 3.05) is 0 Å². The Hall–Kier alpha value is -1.88. The SMILES string of the molecule is c1cncc(CSc2nc3cnccc3[nH]2)c1. The number of nitrogens with one attached hydrogen (secondary N) is 1. The zero-order valence-corrected chi connectivity index (χ0v) is 9.81. The predicted octanol–water partition coefficient (Wildman–Crippen LogP) is 2.65. The normalized spacial score (nSPS) is 10.8. The minimum absolute atomic E-state index is 0.862. The van der Waals surface area contributed by atoms with Crippen molar-refractivity contribution < 1.29 is 0 Å². The van der Waals surface area contributed by atoms with Crippen molar-refractivity contribution in [3.8, 4) is 0 Å². The number of nitrogens with zero attached hydrogens (tertiary/aromatic N) is 3. The maximum absolute atomic E-state index is 4.45. The van der Waals surface area contributed by atoms with Gasteiger partial charge in [0.15, 0.2) is 5.16 Å². The molecule has 3 rings (SSSR count). The van der Waals surface area contributed by atoms with Crippen molar-refractivity contribution in [2.45, 2.75) is 10.9 Å². The molecule has 0 aromatic carbocycles. The number of aromatic nitrogens is 4. The minimum atomic E-state index is 0.862. The van der Waals surface area contributed by atoms with E-state index in [9.17, 15) is 0 Å². The lowest BCUT2D eigenvalue weighted by Crippen LogP contribution is -1.82. The number of hydrogen-bond donors (Lipinski definition) is 1. The van der Waals surface area contributed by atoms with E-state index in [-0.39, 0.29) is 0 Å². The lowest BCUT2D eigenvalue weighted by Gasteiger charge is -1.96. The van der Waals surface area contributed by atoms with E-state index < -0.39 is 0 Å². The highest BCUT2D eigenvalue weighted by molar-refractivity contribution is 7.98. The molecular formula is C12H10N4S. The van der Waals surface area contributed by atoms with Crippen LogP contribution in [0.3, 0.4) is 0 Å². The van der Waals surface area contributed by atoms with Gasteiger partial charge in [-0.05, 0) is 17.7 Å². The van der Waals surface area contributed by atoms with Crippen LogP contribution in [0.2, 0.25) is 0 Å². The Balaban J connectivity index is 1.77. The van der Waals surface area contributed by atoms with Crippen molar-refractivity contribution in [3.63, 3.8) is 0 Å². The molecule has 5 heteroatoms. The van der Waals surface area contributed by atoms with E-state index in [4.69, 9.17) is 0 Å². The van der Waals surface area contributed by atoms with E-state index in [2.05, 4.69) is 26.0 Å². The van der Waals surface area contributed by atoms with Gasteiger partial charge in [0.05, 0.1) is 11.7 Å². The first-order chi connectivity index (χ1) is 8.42. The van der Waals surface area contributed by atoms with Gasteiger partial charge in [0, 0.05) is 24.3 Å². The topological polar surface area (TPSA) is 54.5 Å². The third kappa shape index (κ3) is 2.29. The minimum Gasteiger partial charge on any atom is -0.333 e. The molecule has 3 aromatic heterocycles. The maximum Gasteiger partial charge on any atom is 0.166 e. The van der Waals surface area contributed by atoms with Crippen LogP contribution in [-0.4, -0.2) is 19.9 Å². The summed E-state index contributed by atoms with van der Waals surface area (Å²) < 4.78 is 0. The quantitative estimate of drug-likeness (QED) is 0.717. The summed E-state index contributed by atoms with van der Waals surface area (Å²) in [6.07, 6.45) is 7.17. The molecule has 0 aliphatic rings. The number of pyridine rings is 2. The Morgan fingerprint density at radius 3 is 2.88 bits per heavy atom. The largest absolute Gasteiger partial charge is 0.333 e. The fourth-order valence-electron chi connectivity index (χ4n) is 1.54. The Labute approximate surface area is 103 Å². The molecule has 0 radical (unpaired) electrons. The summed E-state index contributed by atoms with van der Waals surface area (Å²) >= 11 is 1.66. The van der Waals surface area contributed by atoms with Gasteiger partial charge in [-0.1, -0.05) is 17.8 Å². The zero-order valence-electron chi connectivity index (χ0n) is 9.00. The number of aromatic amines is 1. The third-order valence-corrected chi connectivity index (χ3v) is 3.31. The Kier molecular flexibility index (Phi) is 2.75. The Bertz CT molecular complexity index is 587. The standard InChI is InChI=1S/C12H10N4S/c1-2-9(6-13-4-1)8-17-12-15-10-3-5-14-7-11(10)16-12/h1-7H,8H2,(H,15,16). The van der Waals surface area contributed by atoms with Crippen molar-refractivity contribution in [2.24, 2.45) is 0 Å². The second-order valence-electron chi connectivity index (χ2n) is 3.58. The number of rotatable bonds is 3. The molecule has 3 heterocycles. The highest BCUT2D eigenvalue weighted by Crippen LogP contribution is 2.21. The van der Waals surface area contributed by atoms with Gasteiger partial charge in [-0.3, -0.25) is 9.97 Å². The predicted molar refractivity (Wildman–Crippen MR) is 67.7 cm³/mol. The lowest BCUT2D eigenvalue weighted by molar-refractivity contribution is 1.08. The van der Waals surface area contributed by atoms with Gasteiger partial charge < -0.3 is 4.98 Å². The Morgan fingerprint density at radius 1 is 1.12 bits per heavy atom. The molecule has 17 heavy (non-hydrogen) atoms. The molecule has 0 unspecified atom stereocenters. The average molecular weight is 242 g/mol. The van der Waals surface area contributed by atoms with E-state index in [0.717, 1.165) is 21.9 Å². The molecule has 0 saturated carbocycles. The molecule has 0 atom stereocenters. The van der Waals surface area contributed by atoms with E-state index in [1.807, 2.05) is 18.3 Å². The molecule has 3 aromatic rings. The number of imidazole rings is 1. The molecule has 0 spiro atoms. The summed E-state index contributed by atoms with van der Waals surface area (Å²) in [5.74, 6) is 0.862. The fourth-order valence-corrected chi connectivity index (χ4v) is 2.36. The van der Waals surface area contributed by atoms with E-state index >= 15 is 0 Å². The smallest absolute Gasteiger partial charge is 0.166 e. The second-order valence-corrected chi connectivity index (χ2v) is 4.55. The number of H-pyrrole nitrogens is 1. The van der Waals surface area contributed by atoms with Gasteiger partial charge in [0.2, 0.25) is 0 Å². The van der Waals surface area contributed by atoms with Crippen molar-refractivity contribution in [1.82, 2.24) is 19.9 Å². The molecule has 0 fully saturated rings. The third-order valence-electron chi connectivity index (χ3n) is 2.36. The summed E-state index contributed by atoms with van der Waals surface area (Å²) in [4.78, 5) is 15.8. The van der Waals surface area contributed by atoms with Crippen LogP contribution in [0.25, 0.3) is 11.0 Å². The second kappa shape index (κ2) is 4.55. The molecule has 0 bridgehead atoms. The van der Waals surface area contributed by atoms with Crippen molar-refractivity contribution in [3.05, 3.63) is 48.5 Å². The number of hydrogen-bond acceptors (Lipinski definition) is 4. The average Bonchev–Trinajstić information content (AvgIpc) is 2.80. The molecule has 84 valence electrons. The first-order valence-electron chi connectivity index (χ1n) is 5.23. The van der Waals surface area contributed by atoms with E-state index in [1.165, 1.54) is 5.56 Å². The highest BCUT2D eigenvalue weighted by atomic mass is 32.2. The molecule has 0 amide bonds. The van der Waals surface area contributed by atoms with Crippen LogP contribution < -0.4 is 0 Å². The highest BCUT2D eigenvalue weighted by Gasteiger charge is 2.03. The number of fused-ring (bicyclic) bond motifs is 1. The van der Waals surface area contributed by atoms with Gasteiger partial charge in [-0.2, -0.15) is 0 Å². The van der Waals surface area contributed by atoms with Crippen LogP contribution >= 0.6 is 11.8 Å². The first-order valence-corrected chi connectivity index (χ1v) is 6.22. The molecule has 0 saturated heterocycles. The summed E-state index contributed by atoms with van der Waals surface area (Å²) in [6, 6.07) is 5.93. The summed E-state index contributed by atoms with van der Waals surface area (Å²) in [7, 11) is 0. The molecule has 1 N–H and O–H groups in total. The summed E-state index contributed by atoms with van der Waals surface area (Å²) in [6.45, 7) is 0. The van der Waals surface area contributed by atoms with Crippen LogP contribution in [0.1, 0.15) is 5.56 Å². The molecule has 4 nitrogen and oxygen atoms in total. The van der Waals surface area contributed by atoms with Crippen molar-refractivity contribution >= 4 is 22.8 Å². The molecular weight excluding hydrogens is 232 g/mol. The maximum atomic E-state index is 4.45. The van der Waals surface area contributed by atoms with Gasteiger partial charge in [0.25, 0.3) is 0 Å². The van der Waals surface area contributed by atoms with Gasteiger partial charge >= 0.3 is 0 Å². The van der Waals surface area contributed by atoms with Crippen molar-refractivity contribution in [1.29, 1.82) is 0 Å². The van der Waals surface area contributed by atoms with Crippen LogP contribution in [0, 0.1) is 0 Å². The Morgan fingerprint density at radius 2 is 2.06 bits per heavy atom. The van der Waals surface area contributed by atoms with Crippen LogP contribution in [0.15, 0.2) is 48.1 Å². The monoisotopic (exact) mass is 242 g/mol.